The Bertz CT molecular complexity index is 1390. The predicted octanol–water partition coefficient (Wildman–Crippen LogP) is 5.13. The van der Waals surface area contributed by atoms with Crippen LogP contribution in [0.15, 0.2) is 54.7 Å². The lowest BCUT2D eigenvalue weighted by Crippen LogP contribution is -2.33. The van der Waals surface area contributed by atoms with E-state index in [1.54, 1.807) is 12.3 Å². The van der Waals surface area contributed by atoms with Crippen LogP contribution in [0.25, 0.3) is 11.1 Å². The molecule has 2 saturated carbocycles. The molecule has 1 aromatic heterocycles. The van der Waals surface area contributed by atoms with Crippen molar-refractivity contribution in [3.05, 3.63) is 76.7 Å². The summed E-state index contributed by atoms with van der Waals surface area (Å²) in [6.07, 6.45) is 5.14. The molecule has 2 aromatic carbocycles. The first-order valence-corrected chi connectivity index (χ1v) is 13.6. The zero-order valence-corrected chi connectivity index (χ0v) is 20.8. The fourth-order valence-corrected chi connectivity index (χ4v) is 5.08. The molecule has 36 heavy (non-hydrogen) atoms. The number of aromatic nitrogens is 1. The van der Waals surface area contributed by atoms with Gasteiger partial charge in [0.2, 0.25) is 15.9 Å². The van der Waals surface area contributed by atoms with Crippen LogP contribution in [0.3, 0.4) is 0 Å². The molecule has 0 radical (unpaired) electrons. The number of pyridine rings is 1. The first-order valence-electron chi connectivity index (χ1n) is 11.6. The van der Waals surface area contributed by atoms with Gasteiger partial charge in [-0.2, -0.15) is 0 Å². The van der Waals surface area contributed by atoms with Gasteiger partial charge < -0.3 is 9.47 Å². The highest BCUT2D eigenvalue weighted by Crippen LogP contribution is 2.31. The number of ether oxygens (including phenoxy) is 2. The van der Waals surface area contributed by atoms with Crippen LogP contribution in [-0.2, 0) is 16.6 Å². The van der Waals surface area contributed by atoms with Gasteiger partial charge in [0.25, 0.3) is 5.91 Å². The highest BCUT2D eigenvalue weighted by molar-refractivity contribution is 7.91. The largest absolute Gasteiger partial charge is 0.489 e. The zero-order valence-electron chi connectivity index (χ0n) is 19.2. The molecule has 5 rings (SSSR count). The second-order valence-electron chi connectivity index (χ2n) is 9.06. The minimum Gasteiger partial charge on any atom is -0.489 e. The summed E-state index contributed by atoms with van der Waals surface area (Å²) in [5.74, 6) is -0.143. The number of amides is 1. The molecule has 2 aliphatic rings. The number of carbonyl (C=O) groups is 1. The van der Waals surface area contributed by atoms with E-state index < -0.39 is 32.6 Å². The monoisotopic (exact) mass is 530 g/mol. The Hall–Kier alpha value is -3.17. The van der Waals surface area contributed by atoms with E-state index in [1.807, 2.05) is 35.1 Å². The Labute approximate surface area is 213 Å². The number of hydrogen-bond acceptors (Lipinski definition) is 6. The molecular weight excluding hydrogens is 507 g/mol. The minimum absolute atomic E-state index is 0.0479. The molecule has 0 saturated heterocycles. The molecule has 7 nitrogen and oxygen atoms in total. The van der Waals surface area contributed by atoms with E-state index in [0.29, 0.717) is 42.6 Å². The molecule has 1 amide bonds. The average Bonchev–Trinajstić information content (AvgIpc) is 3.76. The van der Waals surface area contributed by atoms with Crippen molar-refractivity contribution in [2.75, 3.05) is 6.61 Å². The third-order valence-corrected chi connectivity index (χ3v) is 8.21. The van der Waals surface area contributed by atoms with E-state index in [2.05, 4.69) is 4.98 Å². The number of benzene rings is 2. The molecule has 0 bridgehead atoms. The second-order valence-corrected chi connectivity index (χ2v) is 11.4. The van der Waals surface area contributed by atoms with Gasteiger partial charge in [-0.05, 0) is 67.5 Å². The summed E-state index contributed by atoms with van der Waals surface area (Å²) in [4.78, 5) is 16.6. The molecule has 10 heteroatoms. The molecule has 0 unspecified atom stereocenters. The van der Waals surface area contributed by atoms with E-state index in [0.717, 1.165) is 23.3 Å². The fourth-order valence-electron chi connectivity index (χ4n) is 3.57. The quantitative estimate of drug-likeness (QED) is 0.390. The van der Waals surface area contributed by atoms with Crippen molar-refractivity contribution in [1.82, 2.24) is 9.71 Å². The van der Waals surface area contributed by atoms with E-state index in [9.17, 15) is 17.6 Å². The summed E-state index contributed by atoms with van der Waals surface area (Å²) >= 11 is 6.25. The van der Waals surface area contributed by atoms with Gasteiger partial charge in [-0.3, -0.25) is 4.79 Å². The van der Waals surface area contributed by atoms with Gasteiger partial charge in [0.1, 0.15) is 18.2 Å². The Balaban J connectivity index is 1.23. The van der Waals surface area contributed by atoms with Crippen LogP contribution in [0.2, 0.25) is 5.02 Å². The topological polar surface area (TPSA) is 94.6 Å². The maximum Gasteiger partial charge on any atom is 0.267 e. The van der Waals surface area contributed by atoms with Crippen molar-refractivity contribution in [1.29, 1.82) is 0 Å². The number of nitrogens with one attached hydrogen (secondary N) is 1. The lowest BCUT2D eigenvalue weighted by atomic mass is 10.1. The van der Waals surface area contributed by atoms with Crippen molar-refractivity contribution < 1.29 is 27.1 Å². The maximum atomic E-state index is 14.6. The Kier molecular flexibility index (Phi) is 6.85. The molecule has 2 aliphatic carbocycles. The smallest absolute Gasteiger partial charge is 0.267 e. The molecule has 188 valence electrons. The molecule has 1 heterocycles. The Morgan fingerprint density at radius 1 is 1.06 bits per heavy atom. The van der Waals surface area contributed by atoms with Crippen LogP contribution >= 0.6 is 11.6 Å². The van der Waals surface area contributed by atoms with Crippen LogP contribution in [0.1, 0.15) is 41.6 Å². The van der Waals surface area contributed by atoms with Crippen molar-refractivity contribution in [2.45, 2.75) is 37.5 Å². The number of sulfonamides is 1. The minimum atomic E-state index is -3.80. The zero-order chi connectivity index (χ0) is 25.3. The second kappa shape index (κ2) is 10.1. The van der Waals surface area contributed by atoms with Crippen LogP contribution in [0, 0.1) is 11.7 Å². The summed E-state index contributed by atoms with van der Waals surface area (Å²) in [5, 5.41) is -0.509. The number of halogens is 2. The van der Waals surface area contributed by atoms with Crippen molar-refractivity contribution in [3.63, 3.8) is 0 Å². The SMILES string of the molecule is O=C(NS(=O)(=O)C1CC1)c1cc(Cl)c(COc2cccc(-c3ccc(OCC4CC4)nc3)c2)cc1F. The van der Waals surface area contributed by atoms with Gasteiger partial charge >= 0.3 is 0 Å². The van der Waals surface area contributed by atoms with Crippen molar-refractivity contribution in [2.24, 2.45) is 5.92 Å². The van der Waals surface area contributed by atoms with Gasteiger partial charge in [-0.15, -0.1) is 0 Å². The first kappa shape index (κ1) is 24.5. The van der Waals surface area contributed by atoms with Gasteiger partial charge in [0.05, 0.1) is 17.4 Å². The summed E-state index contributed by atoms with van der Waals surface area (Å²) < 4.78 is 52.0. The fraction of sp³-hybridized carbons (Fsp3) is 0.308. The molecule has 3 aromatic rings. The number of rotatable bonds is 10. The van der Waals surface area contributed by atoms with Crippen LogP contribution < -0.4 is 14.2 Å². The third kappa shape index (κ3) is 5.96. The lowest BCUT2D eigenvalue weighted by molar-refractivity contribution is 0.0977. The van der Waals surface area contributed by atoms with Gasteiger partial charge in [0.15, 0.2) is 0 Å². The molecule has 0 spiro atoms. The van der Waals surface area contributed by atoms with Crippen LogP contribution in [0.4, 0.5) is 4.39 Å². The van der Waals surface area contributed by atoms with Gasteiger partial charge in [0, 0.05) is 28.4 Å². The van der Waals surface area contributed by atoms with E-state index >= 15 is 0 Å². The van der Waals surface area contributed by atoms with E-state index in [-0.39, 0.29) is 11.6 Å². The Morgan fingerprint density at radius 3 is 2.56 bits per heavy atom. The van der Waals surface area contributed by atoms with Crippen molar-refractivity contribution >= 4 is 27.5 Å². The number of hydrogen-bond donors (Lipinski definition) is 1. The molecule has 0 atom stereocenters. The number of carbonyl (C=O) groups excluding carboxylic acids is 1. The molecule has 0 aliphatic heterocycles. The van der Waals surface area contributed by atoms with E-state index in [4.69, 9.17) is 21.1 Å². The summed E-state index contributed by atoms with van der Waals surface area (Å²) in [7, 11) is -3.80. The summed E-state index contributed by atoms with van der Waals surface area (Å²) in [5.41, 5.74) is 1.65. The Morgan fingerprint density at radius 2 is 1.86 bits per heavy atom. The highest BCUT2D eigenvalue weighted by atomic mass is 35.5. The highest BCUT2D eigenvalue weighted by Gasteiger charge is 2.37. The standard InChI is InChI=1S/C26H24ClFN2O5S/c27-23-12-22(26(31)30-36(32,33)21-7-8-21)24(28)11-19(23)15-34-20-3-1-2-17(10-20)18-6-9-25(29-13-18)35-14-16-4-5-16/h1-3,6,9-13,16,21H,4-5,7-8,14-15H2,(H,30,31). The summed E-state index contributed by atoms with van der Waals surface area (Å²) in [6.45, 7) is 0.651. The average molecular weight is 531 g/mol. The summed E-state index contributed by atoms with van der Waals surface area (Å²) in [6, 6.07) is 13.3. The van der Waals surface area contributed by atoms with E-state index in [1.165, 1.54) is 12.8 Å². The van der Waals surface area contributed by atoms with Crippen LogP contribution in [-0.4, -0.2) is 31.2 Å². The maximum absolute atomic E-state index is 14.6. The first-order chi connectivity index (χ1) is 17.3. The molecule has 1 N–H and O–H groups in total. The third-order valence-electron chi connectivity index (χ3n) is 6.04. The van der Waals surface area contributed by atoms with Gasteiger partial charge in [-0.1, -0.05) is 23.7 Å². The molecular formula is C26H24ClFN2O5S. The number of nitrogens with zero attached hydrogens (tertiary/aromatic N) is 1. The van der Waals surface area contributed by atoms with Gasteiger partial charge in [-0.25, -0.2) is 22.5 Å². The normalized spacial score (nSPS) is 15.4. The predicted molar refractivity (Wildman–Crippen MR) is 133 cm³/mol. The lowest BCUT2D eigenvalue weighted by Gasteiger charge is -2.12. The molecule has 2 fully saturated rings. The van der Waals surface area contributed by atoms with Crippen LogP contribution in [0.5, 0.6) is 11.6 Å². The van der Waals surface area contributed by atoms with Crippen molar-refractivity contribution in [3.8, 4) is 22.8 Å².